The Morgan fingerprint density at radius 1 is 1.62 bits per heavy atom. The van der Waals surface area contributed by atoms with Crippen molar-refractivity contribution >= 4 is 5.88 Å². The van der Waals surface area contributed by atoms with Gasteiger partial charge >= 0.3 is 5.88 Å². The predicted octanol–water partition coefficient (Wildman–Crippen LogP) is 1.61. The Hall–Kier alpha value is -1.36. The molecule has 1 fully saturated rings. The zero-order valence-electron chi connectivity index (χ0n) is 7.03. The number of hydrogen-bond donors (Lipinski definition) is 1. The van der Waals surface area contributed by atoms with Crippen LogP contribution in [0.25, 0.3) is 0 Å². The second-order valence-electron chi connectivity index (χ2n) is 3.08. The van der Waals surface area contributed by atoms with Crippen LogP contribution in [0.5, 0.6) is 0 Å². The van der Waals surface area contributed by atoms with Crippen LogP contribution in [-0.2, 0) is 0 Å². The molecule has 1 N–H and O–H groups in total. The number of rotatable bonds is 2. The van der Waals surface area contributed by atoms with Gasteiger partial charge in [-0.05, 0) is 25.5 Å². The van der Waals surface area contributed by atoms with Crippen molar-refractivity contribution in [3.05, 3.63) is 28.0 Å². The Kier molecular flexibility index (Phi) is 2.02. The molecule has 0 radical (unpaired) electrons. The summed E-state index contributed by atoms with van der Waals surface area (Å²) in [5, 5.41) is 13.5. The molecule has 5 heteroatoms. The van der Waals surface area contributed by atoms with E-state index in [1.807, 2.05) is 0 Å². The molecule has 0 saturated carbocycles. The van der Waals surface area contributed by atoms with Crippen molar-refractivity contribution < 1.29 is 9.34 Å². The van der Waals surface area contributed by atoms with Gasteiger partial charge in [-0.25, -0.2) is 0 Å². The lowest BCUT2D eigenvalue weighted by Gasteiger charge is -2.03. The van der Waals surface area contributed by atoms with Gasteiger partial charge in [0.15, 0.2) is 0 Å². The summed E-state index contributed by atoms with van der Waals surface area (Å²) < 4.78 is 5.07. The molecular weight excluding hydrogens is 172 g/mol. The van der Waals surface area contributed by atoms with E-state index in [0.717, 1.165) is 19.4 Å². The average Bonchev–Trinajstić information content (AvgIpc) is 2.75. The third-order valence-corrected chi connectivity index (χ3v) is 2.20. The first-order valence-corrected chi connectivity index (χ1v) is 4.25. The van der Waals surface area contributed by atoms with Crippen molar-refractivity contribution in [1.82, 2.24) is 5.32 Å². The van der Waals surface area contributed by atoms with E-state index in [0.29, 0.717) is 5.76 Å². The normalized spacial score (nSPS) is 22.0. The molecule has 0 amide bonds. The van der Waals surface area contributed by atoms with Gasteiger partial charge in [-0.15, -0.1) is 0 Å². The largest absolute Gasteiger partial charge is 0.433 e. The summed E-state index contributed by atoms with van der Waals surface area (Å²) in [5.41, 5.74) is 0. The molecule has 0 aliphatic carbocycles. The van der Waals surface area contributed by atoms with Gasteiger partial charge in [-0.2, -0.15) is 0 Å². The van der Waals surface area contributed by atoms with Crippen molar-refractivity contribution in [2.45, 2.75) is 18.9 Å². The van der Waals surface area contributed by atoms with Gasteiger partial charge in [0.1, 0.15) is 10.7 Å². The molecule has 5 nitrogen and oxygen atoms in total. The molecule has 0 spiro atoms. The second kappa shape index (κ2) is 3.18. The molecule has 0 unspecified atom stereocenters. The maximum absolute atomic E-state index is 10.3. The molecule has 2 rings (SSSR count). The fraction of sp³-hybridized carbons (Fsp3) is 0.500. The van der Waals surface area contributed by atoms with Gasteiger partial charge in [0.05, 0.1) is 12.1 Å². The fourth-order valence-corrected chi connectivity index (χ4v) is 1.56. The van der Waals surface area contributed by atoms with Crippen LogP contribution in [0.4, 0.5) is 5.88 Å². The van der Waals surface area contributed by atoms with E-state index in [2.05, 4.69) is 5.32 Å². The summed E-state index contributed by atoms with van der Waals surface area (Å²) in [4.78, 5) is 9.81. The Labute approximate surface area is 74.9 Å². The molecule has 0 bridgehead atoms. The summed E-state index contributed by atoms with van der Waals surface area (Å²) in [6.07, 6.45) is 2.09. The number of nitrogens with zero attached hydrogens (tertiary/aromatic N) is 1. The number of nitrogens with one attached hydrogen (secondary N) is 1. The van der Waals surface area contributed by atoms with E-state index in [9.17, 15) is 10.1 Å². The van der Waals surface area contributed by atoms with Crippen molar-refractivity contribution in [3.63, 3.8) is 0 Å². The van der Waals surface area contributed by atoms with E-state index in [1.54, 1.807) is 6.07 Å². The van der Waals surface area contributed by atoms with E-state index in [4.69, 9.17) is 4.42 Å². The van der Waals surface area contributed by atoms with Crippen LogP contribution in [0.1, 0.15) is 24.6 Å². The molecule has 1 aromatic heterocycles. The molecule has 1 aliphatic rings. The highest BCUT2D eigenvalue weighted by Gasteiger charge is 2.22. The van der Waals surface area contributed by atoms with Gasteiger partial charge in [-0.1, -0.05) is 0 Å². The van der Waals surface area contributed by atoms with E-state index in [-0.39, 0.29) is 11.9 Å². The molecule has 2 heterocycles. The van der Waals surface area contributed by atoms with Crippen LogP contribution in [0, 0.1) is 10.1 Å². The van der Waals surface area contributed by atoms with E-state index < -0.39 is 4.92 Å². The molecule has 0 aromatic carbocycles. The Morgan fingerprint density at radius 3 is 3.00 bits per heavy atom. The van der Waals surface area contributed by atoms with Crippen molar-refractivity contribution in [2.24, 2.45) is 0 Å². The van der Waals surface area contributed by atoms with E-state index in [1.165, 1.54) is 6.07 Å². The van der Waals surface area contributed by atoms with Crippen molar-refractivity contribution in [1.29, 1.82) is 0 Å². The molecule has 13 heavy (non-hydrogen) atoms. The quantitative estimate of drug-likeness (QED) is 0.557. The first-order valence-electron chi connectivity index (χ1n) is 4.25. The fourth-order valence-electron chi connectivity index (χ4n) is 1.56. The Balaban J connectivity index is 2.16. The highest BCUT2D eigenvalue weighted by Crippen LogP contribution is 2.27. The molecular formula is C8H10N2O3. The minimum atomic E-state index is -0.515. The summed E-state index contributed by atoms with van der Waals surface area (Å²) in [7, 11) is 0. The Morgan fingerprint density at radius 2 is 2.46 bits per heavy atom. The van der Waals surface area contributed by atoms with Gasteiger partial charge in [0.25, 0.3) is 0 Å². The molecule has 1 atom stereocenters. The predicted molar refractivity (Wildman–Crippen MR) is 45.3 cm³/mol. The van der Waals surface area contributed by atoms with Gasteiger partial charge in [-0.3, -0.25) is 10.1 Å². The maximum Gasteiger partial charge on any atom is 0.433 e. The molecule has 1 aromatic rings. The zero-order chi connectivity index (χ0) is 9.26. The van der Waals surface area contributed by atoms with Crippen LogP contribution in [0.15, 0.2) is 16.5 Å². The summed E-state index contributed by atoms with van der Waals surface area (Å²) >= 11 is 0. The smallest absolute Gasteiger partial charge is 0.404 e. The van der Waals surface area contributed by atoms with Crippen LogP contribution in [0.2, 0.25) is 0 Å². The average molecular weight is 182 g/mol. The summed E-state index contributed by atoms with van der Waals surface area (Å²) in [5.74, 6) is 0.493. The standard InChI is InChI=1S/C8H10N2O3/c11-10(12)8-4-3-7(13-8)6-2-1-5-9-6/h3-4,6,9H,1-2,5H2/t6-/m0/s1. The molecule has 1 aliphatic heterocycles. The summed E-state index contributed by atoms with van der Waals surface area (Å²) in [6, 6.07) is 3.23. The maximum atomic E-state index is 10.3. The second-order valence-corrected chi connectivity index (χ2v) is 3.08. The number of hydrogen-bond acceptors (Lipinski definition) is 4. The Bertz CT molecular complexity index is 315. The van der Waals surface area contributed by atoms with Crippen LogP contribution < -0.4 is 5.32 Å². The topological polar surface area (TPSA) is 68.3 Å². The zero-order valence-corrected chi connectivity index (χ0v) is 7.03. The minimum Gasteiger partial charge on any atom is -0.404 e. The molecule has 1 saturated heterocycles. The van der Waals surface area contributed by atoms with Crippen LogP contribution in [0.3, 0.4) is 0 Å². The van der Waals surface area contributed by atoms with Gasteiger partial charge in [0, 0.05) is 0 Å². The number of furan rings is 1. The third kappa shape index (κ3) is 1.55. The molecule has 70 valence electrons. The van der Waals surface area contributed by atoms with Gasteiger partial charge < -0.3 is 9.73 Å². The lowest BCUT2D eigenvalue weighted by Crippen LogP contribution is -2.11. The lowest BCUT2D eigenvalue weighted by atomic mass is 10.2. The first kappa shape index (κ1) is 8.25. The van der Waals surface area contributed by atoms with Crippen LogP contribution in [-0.4, -0.2) is 11.5 Å². The lowest BCUT2D eigenvalue weighted by molar-refractivity contribution is -0.402. The number of nitro groups is 1. The SMILES string of the molecule is O=[N+]([O-])c1ccc([C@@H]2CCCN2)o1. The monoisotopic (exact) mass is 182 g/mol. The highest BCUT2D eigenvalue weighted by atomic mass is 16.6. The van der Waals surface area contributed by atoms with Crippen molar-refractivity contribution in [2.75, 3.05) is 6.54 Å². The minimum absolute atomic E-state index is 0.161. The highest BCUT2D eigenvalue weighted by molar-refractivity contribution is 5.20. The summed E-state index contributed by atoms with van der Waals surface area (Å²) in [6.45, 7) is 0.958. The first-order chi connectivity index (χ1) is 6.27. The van der Waals surface area contributed by atoms with Gasteiger partial charge in [0.2, 0.25) is 0 Å². The van der Waals surface area contributed by atoms with Crippen molar-refractivity contribution in [3.8, 4) is 0 Å². The van der Waals surface area contributed by atoms with E-state index >= 15 is 0 Å². The van der Waals surface area contributed by atoms with Crippen LogP contribution >= 0.6 is 0 Å². The third-order valence-electron chi connectivity index (χ3n) is 2.20.